The second-order valence-electron chi connectivity index (χ2n) is 4.44. The number of hydrogen-bond donors (Lipinski definition) is 2. The second kappa shape index (κ2) is 5.87. The average Bonchev–Trinajstić information content (AvgIpc) is 2.34. The molecule has 0 aromatic carbocycles. The van der Waals surface area contributed by atoms with Gasteiger partial charge < -0.3 is 10.6 Å². The summed E-state index contributed by atoms with van der Waals surface area (Å²) >= 11 is 11.8. The predicted molar refractivity (Wildman–Crippen MR) is 73.2 cm³/mol. The first kappa shape index (κ1) is 13.6. The van der Waals surface area contributed by atoms with Gasteiger partial charge in [-0.25, -0.2) is 4.98 Å². The van der Waals surface area contributed by atoms with Crippen molar-refractivity contribution in [1.82, 2.24) is 10.3 Å². The van der Waals surface area contributed by atoms with Crippen LogP contribution < -0.4 is 10.6 Å². The van der Waals surface area contributed by atoms with Crippen LogP contribution in [0.15, 0.2) is 6.07 Å². The van der Waals surface area contributed by atoms with Gasteiger partial charge in [-0.3, -0.25) is 4.79 Å². The van der Waals surface area contributed by atoms with Crippen LogP contribution in [0.2, 0.25) is 10.3 Å². The van der Waals surface area contributed by atoms with Crippen LogP contribution in [0.5, 0.6) is 0 Å². The highest BCUT2D eigenvalue weighted by atomic mass is 35.5. The minimum atomic E-state index is 0.00521. The Balaban J connectivity index is 2.11. The van der Waals surface area contributed by atoms with E-state index in [1.807, 2.05) is 6.92 Å². The van der Waals surface area contributed by atoms with E-state index in [0.29, 0.717) is 10.8 Å². The Kier molecular flexibility index (Phi) is 4.43. The van der Waals surface area contributed by atoms with Crippen molar-refractivity contribution in [3.63, 3.8) is 0 Å². The van der Waals surface area contributed by atoms with Gasteiger partial charge in [0, 0.05) is 5.92 Å². The molecular weight excluding hydrogens is 273 g/mol. The summed E-state index contributed by atoms with van der Waals surface area (Å²) in [6.45, 7) is 3.60. The Hall–Kier alpha value is -0.840. The third kappa shape index (κ3) is 3.13. The van der Waals surface area contributed by atoms with Crippen LogP contribution in [0, 0.1) is 12.8 Å². The molecule has 0 saturated carbocycles. The first-order valence-electron chi connectivity index (χ1n) is 5.92. The smallest absolute Gasteiger partial charge is 0.227 e. The van der Waals surface area contributed by atoms with Gasteiger partial charge in [-0.05, 0) is 44.5 Å². The molecule has 4 nitrogen and oxygen atoms in total. The molecule has 18 heavy (non-hydrogen) atoms. The minimum absolute atomic E-state index is 0.00521. The van der Waals surface area contributed by atoms with Crippen LogP contribution in [0.4, 0.5) is 5.69 Å². The zero-order valence-electron chi connectivity index (χ0n) is 10.1. The van der Waals surface area contributed by atoms with E-state index in [9.17, 15) is 4.79 Å². The highest BCUT2D eigenvalue weighted by Crippen LogP contribution is 2.27. The van der Waals surface area contributed by atoms with Crippen molar-refractivity contribution < 1.29 is 4.79 Å². The van der Waals surface area contributed by atoms with Gasteiger partial charge in [-0.15, -0.1) is 0 Å². The zero-order valence-corrected chi connectivity index (χ0v) is 11.6. The highest BCUT2D eigenvalue weighted by Gasteiger charge is 2.22. The summed E-state index contributed by atoms with van der Waals surface area (Å²) in [5.74, 6) is 0.0445. The SMILES string of the molecule is Cc1cc(Cl)nc(Cl)c1NC(=O)C1CCNCC1. The Morgan fingerprint density at radius 3 is 2.72 bits per heavy atom. The molecule has 1 aliphatic rings. The minimum Gasteiger partial charge on any atom is -0.323 e. The number of pyridine rings is 1. The maximum absolute atomic E-state index is 12.1. The van der Waals surface area contributed by atoms with E-state index in [1.54, 1.807) is 6.07 Å². The average molecular weight is 288 g/mol. The van der Waals surface area contributed by atoms with Crippen molar-refractivity contribution in [2.24, 2.45) is 5.92 Å². The maximum Gasteiger partial charge on any atom is 0.227 e. The fraction of sp³-hybridized carbons (Fsp3) is 0.500. The van der Waals surface area contributed by atoms with Gasteiger partial charge in [0.05, 0.1) is 5.69 Å². The number of nitrogens with one attached hydrogen (secondary N) is 2. The van der Waals surface area contributed by atoms with Crippen LogP contribution in [0.1, 0.15) is 18.4 Å². The lowest BCUT2D eigenvalue weighted by molar-refractivity contribution is -0.120. The number of amides is 1. The van der Waals surface area contributed by atoms with Crippen molar-refractivity contribution in [3.05, 3.63) is 21.9 Å². The van der Waals surface area contributed by atoms with Crippen molar-refractivity contribution in [1.29, 1.82) is 0 Å². The Bertz CT molecular complexity index is 436. The van der Waals surface area contributed by atoms with Crippen LogP contribution in [0.3, 0.4) is 0 Å². The molecule has 1 fully saturated rings. The molecule has 1 amide bonds. The number of halogens is 2. The van der Waals surface area contributed by atoms with Gasteiger partial charge in [0.1, 0.15) is 5.15 Å². The molecule has 1 saturated heterocycles. The molecule has 0 unspecified atom stereocenters. The molecule has 0 bridgehead atoms. The van der Waals surface area contributed by atoms with Gasteiger partial charge in [0.15, 0.2) is 5.15 Å². The van der Waals surface area contributed by atoms with E-state index in [1.165, 1.54) is 0 Å². The van der Waals surface area contributed by atoms with Crippen LogP contribution in [0.25, 0.3) is 0 Å². The lowest BCUT2D eigenvalue weighted by atomic mass is 9.97. The molecule has 1 aromatic heterocycles. The van der Waals surface area contributed by atoms with Gasteiger partial charge in [0.2, 0.25) is 5.91 Å². The molecular formula is C12H15Cl2N3O. The Morgan fingerprint density at radius 2 is 2.11 bits per heavy atom. The number of carbonyl (C=O) groups excluding carboxylic acids is 1. The summed E-state index contributed by atoms with van der Waals surface area (Å²) in [6, 6.07) is 1.69. The van der Waals surface area contributed by atoms with Gasteiger partial charge in [0.25, 0.3) is 0 Å². The van der Waals surface area contributed by atoms with Crippen molar-refractivity contribution in [2.45, 2.75) is 19.8 Å². The van der Waals surface area contributed by atoms with E-state index < -0.39 is 0 Å². The molecule has 1 aliphatic heterocycles. The largest absolute Gasteiger partial charge is 0.323 e. The number of piperidine rings is 1. The highest BCUT2D eigenvalue weighted by molar-refractivity contribution is 6.34. The standard InChI is InChI=1S/C12H15Cl2N3O/c1-7-6-9(13)16-11(14)10(7)17-12(18)8-2-4-15-5-3-8/h6,8,15H,2-5H2,1H3,(H,17,18). The summed E-state index contributed by atoms with van der Waals surface area (Å²) in [5, 5.41) is 6.65. The third-order valence-corrected chi connectivity index (χ3v) is 3.57. The fourth-order valence-electron chi connectivity index (χ4n) is 2.06. The van der Waals surface area contributed by atoms with Crippen molar-refractivity contribution in [3.8, 4) is 0 Å². The van der Waals surface area contributed by atoms with E-state index in [-0.39, 0.29) is 17.0 Å². The van der Waals surface area contributed by atoms with Crippen molar-refractivity contribution in [2.75, 3.05) is 18.4 Å². The number of anilines is 1. The van der Waals surface area contributed by atoms with Gasteiger partial charge in [-0.2, -0.15) is 0 Å². The van der Waals surface area contributed by atoms with E-state index in [2.05, 4.69) is 15.6 Å². The topological polar surface area (TPSA) is 54.0 Å². The van der Waals surface area contributed by atoms with Gasteiger partial charge >= 0.3 is 0 Å². The molecule has 98 valence electrons. The van der Waals surface area contributed by atoms with Gasteiger partial charge in [-0.1, -0.05) is 23.2 Å². The molecule has 0 radical (unpaired) electrons. The molecule has 0 spiro atoms. The number of carbonyl (C=O) groups is 1. The lowest BCUT2D eigenvalue weighted by Crippen LogP contribution is -2.34. The summed E-state index contributed by atoms with van der Waals surface area (Å²) < 4.78 is 0. The molecule has 2 N–H and O–H groups in total. The van der Waals surface area contributed by atoms with E-state index in [0.717, 1.165) is 31.5 Å². The number of nitrogens with zero attached hydrogens (tertiary/aromatic N) is 1. The second-order valence-corrected chi connectivity index (χ2v) is 5.19. The first-order chi connectivity index (χ1) is 8.58. The monoisotopic (exact) mass is 287 g/mol. The Labute approximate surface area is 116 Å². The number of aryl methyl sites for hydroxylation is 1. The molecule has 2 heterocycles. The first-order valence-corrected chi connectivity index (χ1v) is 6.67. The molecule has 2 rings (SSSR count). The van der Waals surface area contributed by atoms with Crippen LogP contribution in [-0.2, 0) is 4.79 Å². The number of hydrogen-bond acceptors (Lipinski definition) is 3. The van der Waals surface area contributed by atoms with Crippen LogP contribution in [-0.4, -0.2) is 24.0 Å². The van der Waals surface area contributed by atoms with E-state index >= 15 is 0 Å². The summed E-state index contributed by atoms with van der Waals surface area (Å²) in [4.78, 5) is 16.0. The fourth-order valence-corrected chi connectivity index (χ4v) is 2.63. The molecule has 0 aliphatic carbocycles. The molecule has 1 aromatic rings. The lowest BCUT2D eigenvalue weighted by Gasteiger charge is -2.22. The maximum atomic E-state index is 12.1. The summed E-state index contributed by atoms with van der Waals surface area (Å²) in [7, 11) is 0. The summed E-state index contributed by atoms with van der Waals surface area (Å²) in [5.41, 5.74) is 1.38. The number of aromatic nitrogens is 1. The predicted octanol–water partition coefficient (Wildman–Crippen LogP) is 2.63. The molecule has 0 atom stereocenters. The Morgan fingerprint density at radius 1 is 1.44 bits per heavy atom. The van der Waals surface area contributed by atoms with Crippen LogP contribution >= 0.6 is 23.2 Å². The normalized spacial score (nSPS) is 16.6. The third-order valence-electron chi connectivity index (χ3n) is 3.10. The van der Waals surface area contributed by atoms with Crippen molar-refractivity contribution >= 4 is 34.8 Å². The summed E-state index contributed by atoms with van der Waals surface area (Å²) in [6.07, 6.45) is 1.70. The quantitative estimate of drug-likeness (QED) is 0.823. The van der Waals surface area contributed by atoms with E-state index in [4.69, 9.17) is 23.2 Å². The zero-order chi connectivity index (χ0) is 13.1. The molecule has 6 heteroatoms. The number of rotatable bonds is 2.